The highest BCUT2D eigenvalue weighted by Crippen LogP contribution is 2.43. The quantitative estimate of drug-likeness (QED) is 0.211. The van der Waals surface area contributed by atoms with Crippen LogP contribution in [0.25, 0.3) is 32.8 Å². The molecule has 0 unspecified atom stereocenters. The number of ether oxygens (including phenoxy) is 1. The molecule has 3 saturated heterocycles. The maximum absolute atomic E-state index is 16.9. The maximum Gasteiger partial charge on any atom is 0.319 e. The molecule has 3 aromatic carbocycles. The lowest BCUT2D eigenvalue weighted by atomic mass is 9.95. The minimum atomic E-state index is -0.957. The molecule has 8 nitrogen and oxygen atoms in total. The van der Waals surface area contributed by atoms with Gasteiger partial charge in [0.1, 0.15) is 29.9 Å². The number of benzene rings is 3. The van der Waals surface area contributed by atoms with Gasteiger partial charge in [-0.25, -0.2) is 13.2 Å². The zero-order valence-corrected chi connectivity index (χ0v) is 26.3. The third-order valence-electron chi connectivity index (χ3n) is 9.76. The van der Waals surface area contributed by atoms with Crippen molar-refractivity contribution in [1.29, 1.82) is 5.26 Å². The zero-order valence-electron chi connectivity index (χ0n) is 25.6. The molecule has 12 heteroatoms. The molecule has 3 aliphatic rings. The van der Waals surface area contributed by atoms with Crippen LogP contribution in [0.1, 0.15) is 25.7 Å². The van der Waals surface area contributed by atoms with Crippen LogP contribution >= 0.6 is 11.6 Å². The van der Waals surface area contributed by atoms with Gasteiger partial charge >= 0.3 is 6.01 Å². The van der Waals surface area contributed by atoms with Gasteiger partial charge in [-0.1, -0.05) is 48.5 Å². The van der Waals surface area contributed by atoms with Crippen LogP contribution in [0.2, 0.25) is 5.02 Å². The first-order valence-electron chi connectivity index (χ1n) is 15.7. The number of aromatic nitrogens is 2. The van der Waals surface area contributed by atoms with Gasteiger partial charge in [-0.15, -0.1) is 0 Å². The first-order valence-corrected chi connectivity index (χ1v) is 16.0. The Morgan fingerprint density at radius 3 is 2.77 bits per heavy atom. The molecule has 3 atom stereocenters. The van der Waals surface area contributed by atoms with Crippen LogP contribution < -0.4 is 9.64 Å². The molecule has 4 aromatic rings. The normalized spacial score (nSPS) is 22.9. The summed E-state index contributed by atoms with van der Waals surface area (Å²) in [6, 6.07) is 12.9. The lowest BCUT2D eigenvalue weighted by Crippen LogP contribution is -2.55. The van der Waals surface area contributed by atoms with Crippen molar-refractivity contribution in [3.8, 4) is 23.2 Å². The van der Waals surface area contributed by atoms with Crippen molar-refractivity contribution in [3.63, 3.8) is 0 Å². The summed E-state index contributed by atoms with van der Waals surface area (Å²) >= 11 is 6.81. The topological polar surface area (TPSA) is 85.6 Å². The highest BCUT2D eigenvalue weighted by atomic mass is 35.5. The van der Waals surface area contributed by atoms with Crippen molar-refractivity contribution in [1.82, 2.24) is 19.8 Å². The molecule has 0 spiro atoms. The maximum atomic E-state index is 16.9. The molecule has 242 valence electrons. The average Bonchev–Trinajstić information content (AvgIpc) is 3.59. The second-order valence-corrected chi connectivity index (χ2v) is 12.9. The van der Waals surface area contributed by atoms with Crippen LogP contribution in [0.5, 0.6) is 6.01 Å². The lowest BCUT2D eigenvalue weighted by molar-refractivity contribution is -0.128. The van der Waals surface area contributed by atoms with Crippen LogP contribution in [0.3, 0.4) is 0 Å². The molecule has 0 bridgehead atoms. The molecule has 1 amide bonds. The summed E-state index contributed by atoms with van der Waals surface area (Å²) in [5.41, 5.74) is -0.296. The molecule has 0 radical (unpaired) electrons. The largest absolute Gasteiger partial charge is 0.461 e. The zero-order chi connectivity index (χ0) is 32.9. The number of hydrogen-bond acceptors (Lipinski definition) is 7. The van der Waals surface area contributed by atoms with Crippen LogP contribution in [-0.4, -0.2) is 82.8 Å². The highest BCUT2D eigenvalue weighted by molar-refractivity contribution is 6.35. The van der Waals surface area contributed by atoms with Gasteiger partial charge in [0.05, 0.1) is 29.1 Å². The van der Waals surface area contributed by atoms with Gasteiger partial charge in [0.15, 0.2) is 5.82 Å². The van der Waals surface area contributed by atoms with E-state index in [-0.39, 0.29) is 65.1 Å². The van der Waals surface area contributed by atoms with Gasteiger partial charge in [-0.3, -0.25) is 9.69 Å². The van der Waals surface area contributed by atoms with Crippen molar-refractivity contribution in [3.05, 3.63) is 71.8 Å². The molecule has 0 N–H and O–H groups in total. The van der Waals surface area contributed by atoms with Gasteiger partial charge in [0.25, 0.3) is 0 Å². The van der Waals surface area contributed by atoms with E-state index in [0.717, 1.165) is 19.4 Å². The number of alkyl halides is 1. The Morgan fingerprint density at radius 1 is 1.17 bits per heavy atom. The van der Waals surface area contributed by atoms with Crippen molar-refractivity contribution in [2.45, 2.75) is 43.4 Å². The van der Waals surface area contributed by atoms with E-state index in [9.17, 15) is 14.4 Å². The number of nitrogens with zero attached hydrogens (tertiary/aromatic N) is 6. The molecule has 7 rings (SSSR count). The monoisotopic (exact) mass is 660 g/mol. The average molecular weight is 661 g/mol. The minimum Gasteiger partial charge on any atom is -0.461 e. The second-order valence-electron chi connectivity index (χ2n) is 12.5. The van der Waals surface area contributed by atoms with Gasteiger partial charge < -0.3 is 14.5 Å². The number of amides is 1. The van der Waals surface area contributed by atoms with Crippen LogP contribution in [0, 0.1) is 23.0 Å². The van der Waals surface area contributed by atoms with Crippen molar-refractivity contribution >= 4 is 45.0 Å². The molecule has 47 heavy (non-hydrogen) atoms. The fourth-order valence-electron chi connectivity index (χ4n) is 7.60. The molecule has 3 aliphatic heterocycles. The van der Waals surface area contributed by atoms with E-state index < -0.39 is 29.4 Å². The minimum absolute atomic E-state index is 0.00847. The summed E-state index contributed by atoms with van der Waals surface area (Å²) in [4.78, 5) is 27.4. The number of carbonyl (C=O) groups excluding carboxylic acids is 1. The second kappa shape index (κ2) is 12.3. The Morgan fingerprint density at radius 2 is 1.98 bits per heavy atom. The summed E-state index contributed by atoms with van der Waals surface area (Å²) in [6.07, 6.45) is 2.35. The fourth-order valence-corrected chi connectivity index (χ4v) is 7.89. The van der Waals surface area contributed by atoms with E-state index >= 15 is 8.78 Å². The number of anilines is 1. The van der Waals surface area contributed by atoms with E-state index in [1.54, 1.807) is 41.3 Å². The number of fused-ring (bicyclic) bond motifs is 3. The van der Waals surface area contributed by atoms with Gasteiger partial charge in [0.2, 0.25) is 5.91 Å². The molecule has 4 heterocycles. The van der Waals surface area contributed by atoms with E-state index in [1.165, 1.54) is 12.1 Å². The summed E-state index contributed by atoms with van der Waals surface area (Å²) in [5.74, 6) is -1.24. The predicted octanol–water partition coefficient (Wildman–Crippen LogP) is 6.45. The first-order chi connectivity index (χ1) is 22.7. The third-order valence-corrected chi connectivity index (χ3v) is 10.1. The predicted molar refractivity (Wildman–Crippen MR) is 174 cm³/mol. The van der Waals surface area contributed by atoms with Crippen molar-refractivity contribution in [2.75, 3.05) is 44.2 Å². The van der Waals surface area contributed by atoms with E-state index in [0.29, 0.717) is 36.1 Å². The summed E-state index contributed by atoms with van der Waals surface area (Å²) in [6.45, 7) is 5.67. The SMILES string of the molecule is C=CC(=O)N1CCN(c2nc(OC[C@@]34CCCN3C[C@H](F)C4)nc3c(F)c(-c4cccc5cccc(F)c45)c(Cl)cc23)C[C@@H]1CC#N. The van der Waals surface area contributed by atoms with Crippen LogP contribution in [0.15, 0.2) is 55.1 Å². The lowest BCUT2D eigenvalue weighted by Gasteiger charge is -2.41. The standard InChI is InChI=1S/C35H32ClF3N6O2/c1-2-28(46)45-15-14-43(19-23(45)10-12-40)33-25-16-26(36)30(24-8-3-6-21-7-4-9-27(38)29(21)24)31(39)32(25)41-34(42-33)47-20-35-11-5-13-44(35)18-22(37)17-35/h2-4,6-9,16,22-23H,1,5,10-11,13-15,17-20H2/t22-,23+,35+/m1/s1. The highest BCUT2D eigenvalue weighted by Gasteiger charge is 2.49. The Kier molecular flexibility index (Phi) is 8.18. The molecular weight excluding hydrogens is 629 g/mol. The Hall–Kier alpha value is -4.40. The Balaban J connectivity index is 1.36. The third kappa shape index (κ3) is 5.43. The van der Waals surface area contributed by atoms with Crippen LogP contribution in [-0.2, 0) is 4.79 Å². The number of piperazine rings is 1. The summed E-state index contributed by atoms with van der Waals surface area (Å²) in [5, 5.41) is 10.7. The Bertz CT molecular complexity index is 1950. The molecule has 3 fully saturated rings. The van der Waals surface area contributed by atoms with Crippen molar-refractivity contribution < 1.29 is 22.7 Å². The van der Waals surface area contributed by atoms with Gasteiger partial charge in [-0.05, 0) is 48.5 Å². The summed E-state index contributed by atoms with van der Waals surface area (Å²) < 4.78 is 52.8. The molecule has 0 aliphatic carbocycles. The van der Waals surface area contributed by atoms with E-state index in [2.05, 4.69) is 22.5 Å². The molecule has 1 aromatic heterocycles. The Labute approximate surface area is 275 Å². The smallest absolute Gasteiger partial charge is 0.319 e. The number of halogens is 4. The van der Waals surface area contributed by atoms with Gasteiger partial charge in [0, 0.05) is 48.9 Å². The molecular formula is C35H32ClF3N6O2. The number of carbonyl (C=O) groups is 1. The van der Waals surface area contributed by atoms with Crippen molar-refractivity contribution in [2.24, 2.45) is 0 Å². The fraction of sp³-hybridized carbons (Fsp3) is 0.371. The first kappa shape index (κ1) is 31.2. The molecule has 0 saturated carbocycles. The van der Waals surface area contributed by atoms with E-state index in [1.807, 2.05) is 4.90 Å². The number of rotatable bonds is 7. The number of hydrogen-bond donors (Lipinski definition) is 0. The van der Waals surface area contributed by atoms with E-state index in [4.69, 9.17) is 21.3 Å². The number of nitriles is 1. The summed E-state index contributed by atoms with van der Waals surface area (Å²) in [7, 11) is 0. The van der Waals surface area contributed by atoms with Crippen LogP contribution in [0.4, 0.5) is 19.0 Å². The van der Waals surface area contributed by atoms with Gasteiger partial charge in [-0.2, -0.15) is 15.2 Å².